The zero-order valence-electron chi connectivity index (χ0n) is 11.0. The molecule has 5 N–H and O–H groups in total. The molecule has 1 rings (SSSR count). The lowest BCUT2D eigenvalue weighted by Crippen LogP contribution is -2.30. The Labute approximate surface area is 107 Å². The molecule has 1 heterocycles. The number of amides is 1. The predicted molar refractivity (Wildman–Crippen MR) is 70.2 cm³/mol. The molecule has 0 aromatic carbocycles. The van der Waals surface area contributed by atoms with E-state index in [2.05, 4.69) is 22.4 Å². The highest BCUT2D eigenvalue weighted by Gasteiger charge is 2.16. The van der Waals surface area contributed by atoms with E-state index in [1.807, 2.05) is 0 Å². The number of hydrogen-bond acceptors (Lipinski definition) is 4. The van der Waals surface area contributed by atoms with E-state index in [0.29, 0.717) is 30.3 Å². The highest BCUT2D eigenvalue weighted by atomic mass is 16.3. The molecule has 102 valence electrons. The number of carbonyl (C=O) groups excluding carboxylic acids is 1. The summed E-state index contributed by atoms with van der Waals surface area (Å²) in [6.45, 7) is 4.54. The Bertz CT molecular complexity index is 383. The Balaban J connectivity index is 2.51. The van der Waals surface area contributed by atoms with E-state index >= 15 is 0 Å². The number of rotatable bonds is 7. The second-order valence-electron chi connectivity index (χ2n) is 4.49. The van der Waals surface area contributed by atoms with Gasteiger partial charge in [0.2, 0.25) is 0 Å². The Kier molecular flexibility index (Phi) is 5.64. The van der Waals surface area contributed by atoms with Crippen LogP contribution in [-0.2, 0) is 0 Å². The van der Waals surface area contributed by atoms with Crippen molar-refractivity contribution < 1.29 is 9.90 Å². The minimum atomic E-state index is -0.268. The zero-order chi connectivity index (χ0) is 13.5. The summed E-state index contributed by atoms with van der Waals surface area (Å²) in [5.74, 6) is 0.0288. The van der Waals surface area contributed by atoms with E-state index in [1.54, 1.807) is 6.92 Å². The van der Waals surface area contributed by atoms with E-state index in [4.69, 9.17) is 10.8 Å². The lowest BCUT2D eigenvalue weighted by atomic mass is 10.0. The number of anilines is 1. The molecule has 0 saturated carbocycles. The minimum absolute atomic E-state index is 0.143. The summed E-state index contributed by atoms with van der Waals surface area (Å²) >= 11 is 0. The molecule has 0 aliphatic rings. The first-order chi connectivity index (χ1) is 8.60. The summed E-state index contributed by atoms with van der Waals surface area (Å²) in [7, 11) is 0. The molecule has 1 aromatic rings. The van der Waals surface area contributed by atoms with Crippen molar-refractivity contribution in [2.45, 2.75) is 33.1 Å². The largest absolute Gasteiger partial charge is 0.396 e. The molecule has 18 heavy (non-hydrogen) atoms. The Hall–Kier alpha value is -1.56. The Morgan fingerprint density at radius 3 is 2.78 bits per heavy atom. The molecule has 0 radical (unpaired) electrons. The van der Waals surface area contributed by atoms with Gasteiger partial charge >= 0.3 is 0 Å². The average molecular weight is 254 g/mol. The molecule has 0 saturated heterocycles. The van der Waals surface area contributed by atoms with Crippen LogP contribution in [0.5, 0.6) is 0 Å². The van der Waals surface area contributed by atoms with Crippen molar-refractivity contribution in [2.24, 2.45) is 5.92 Å². The number of aromatic nitrogens is 2. The van der Waals surface area contributed by atoms with Gasteiger partial charge in [0.25, 0.3) is 5.91 Å². The third kappa shape index (κ3) is 3.73. The van der Waals surface area contributed by atoms with Crippen LogP contribution in [0.4, 0.5) is 5.69 Å². The first-order valence-corrected chi connectivity index (χ1v) is 6.29. The maximum absolute atomic E-state index is 11.9. The fourth-order valence-electron chi connectivity index (χ4n) is 1.87. The molecule has 1 amide bonds. The fourth-order valence-corrected chi connectivity index (χ4v) is 1.87. The van der Waals surface area contributed by atoms with Crippen LogP contribution in [0.3, 0.4) is 0 Å². The normalized spacial score (nSPS) is 12.4. The number of nitrogens with two attached hydrogens (primary N) is 1. The molecule has 1 aromatic heterocycles. The highest BCUT2D eigenvalue weighted by Crippen LogP contribution is 2.13. The number of hydrogen-bond donors (Lipinski definition) is 4. The van der Waals surface area contributed by atoms with Crippen LogP contribution in [-0.4, -0.2) is 34.4 Å². The number of nitrogens with one attached hydrogen (secondary N) is 2. The van der Waals surface area contributed by atoms with Gasteiger partial charge in [0.1, 0.15) is 0 Å². The van der Waals surface area contributed by atoms with E-state index < -0.39 is 0 Å². The van der Waals surface area contributed by atoms with Gasteiger partial charge in [0.15, 0.2) is 5.69 Å². The lowest BCUT2D eigenvalue weighted by Gasteiger charge is -2.15. The third-order valence-corrected chi connectivity index (χ3v) is 3.00. The summed E-state index contributed by atoms with van der Waals surface area (Å²) in [6.07, 6.45) is 2.71. The van der Waals surface area contributed by atoms with Gasteiger partial charge in [-0.2, -0.15) is 5.10 Å². The second kappa shape index (κ2) is 7.00. The van der Waals surface area contributed by atoms with Crippen molar-refractivity contribution in [3.63, 3.8) is 0 Å². The smallest absolute Gasteiger partial charge is 0.273 e. The first kappa shape index (κ1) is 14.5. The first-order valence-electron chi connectivity index (χ1n) is 6.29. The van der Waals surface area contributed by atoms with Gasteiger partial charge in [-0.3, -0.25) is 9.89 Å². The van der Waals surface area contributed by atoms with Crippen molar-refractivity contribution in [2.75, 3.05) is 18.9 Å². The standard InChI is InChI=1S/C12H22N4O2/c1-3-4-9(5-6-17)7-14-12(18)11-10(13)8(2)15-16-11/h9,17H,3-7,13H2,1-2H3,(H,14,18)(H,15,16). The molecule has 1 atom stereocenters. The molecule has 1 unspecified atom stereocenters. The number of H-pyrrole nitrogens is 1. The fraction of sp³-hybridized carbons (Fsp3) is 0.667. The minimum Gasteiger partial charge on any atom is -0.396 e. The van der Waals surface area contributed by atoms with Crippen molar-refractivity contribution in [3.8, 4) is 0 Å². The van der Waals surface area contributed by atoms with Crippen molar-refractivity contribution in [1.29, 1.82) is 0 Å². The van der Waals surface area contributed by atoms with Gasteiger partial charge in [-0.25, -0.2) is 0 Å². The van der Waals surface area contributed by atoms with Crippen molar-refractivity contribution in [3.05, 3.63) is 11.4 Å². The van der Waals surface area contributed by atoms with Crippen LogP contribution < -0.4 is 11.1 Å². The summed E-state index contributed by atoms with van der Waals surface area (Å²) in [6, 6.07) is 0. The van der Waals surface area contributed by atoms with Crippen LogP contribution in [0.15, 0.2) is 0 Å². The van der Waals surface area contributed by atoms with Gasteiger partial charge in [-0.05, 0) is 25.7 Å². The predicted octanol–water partition coefficient (Wildman–Crippen LogP) is 0.829. The SMILES string of the molecule is CCCC(CCO)CNC(=O)c1n[nH]c(C)c1N. The second-order valence-corrected chi connectivity index (χ2v) is 4.49. The molecule has 0 bridgehead atoms. The third-order valence-electron chi connectivity index (χ3n) is 3.00. The molecular formula is C12H22N4O2. The monoisotopic (exact) mass is 254 g/mol. The molecule has 0 fully saturated rings. The van der Waals surface area contributed by atoms with E-state index in [0.717, 1.165) is 12.8 Å². The number of aliphatic hydroxyl groups is 1. The number of aryl methyl sites for hydroxylation is 1. The molecule has 0 aliphatic carbocycles. The van der Waals surface area contributed by atoms with Crippen LogP contribution in [0, 0.1) is 12.8 Å². The topological polar surface area (TPSA) is 104 Å². The van der Waals surface area contributed by atoms with Crippen LogP contribution in [0.1, 0.15) is 42.4 Å². The number of aromatic amines is 1. The maximum Gasteiger partial charge on any atom is 0.273 e. The number of nitrogen functional groups attached to an aromatic ring is 1. The summed E-state index contributed by atoms with van der Waals surface area (Å²) < 4.78 is 0. The van der Waals surface area contributed by atoms with Gasteiger partial charge < -0.3 is 16.2 Å². The number of nitrogens with zero attached hydrogens (tertiary/aromatic N) is 1. The molecule has 6 nitrogen and oxygen atoms in total. The average Bonchev–Trinajstić information content (AvgIpc) is 2.67. The quantitative estimate of drug-likeness (QED) is 0.578. The van der Waals surface area contributed by atoms with Crippen LogP contribution in [0.2, 0.25) is 0 Å². The number of aliphatic hydroxyl groups excluding tert-OH is 1. The molecule has 0 spiro atoms. The maximum atomic E-state index is 11.9. The zero-order valence-corrected chi connectivity index (χ0v) is 11.0. The van der Waals surface area contributed by atoms with Crippen LogP contribution >= 0.6 is 0 Å². The molecular weight excluding hydrogens is 232 g/mol. The lowest BCUT2D eigenvalue weighted by molar-refractivity contribution is 0.0938. The van der Waals surface area contributed by atoms with Gasteiger partial charge in [-0.15, -0.1) is 0 Å². The summed E-state index contributed by atoms with van der Waals surface area (Å²) in [5.41, 5.74) is 7.06. The van der Waals surface area contributed by atoms with Gasteiger partial charge in [-0.1, -0.05) is 13.3 Å². The number of carbonyl (C=O) groups is 1. The molecule has 6 heteroatoms. The highest BCUT2D eigenvalue weighted by molar-refractivity contribution is 5.97. The Morgan fingerprint density at radius 2 is 2.28 bits per heavy atom. The summed E-state index contributed by atoms with van der Waals surface area (Å²) in [4.78, 5) is 11.9. The summed E-state index contributed by atoms with van der Waals surface area (Å²) in [5, 5.41) is 18.3. The van der Waals surface area contributed by atoms with Crippen LogP contribution in [0.25, 0.3) is 0 Å². The molecule has 0 aliphatic heterocycles. The van der Waals surface area contributed by atoms with E-state index in [9.17, 15) is 4.79 Å². The Morgan fingerprint density at radius 1 is 1.56 bits per heavy atom. The van der Waals surface area contributed by atoms with E-state index in [1.165, 1.54) is 0 Å². The van der Waals surface area contributed by atoms with Crippen molar-refractivity contribution in [1.82, 2.24) is 15.5 Å². The van der Waals surface area contributed by atoms with Crippen molar-refractivity contribution >= 4 is 11.6 Å². The van der Waals surface area contributed by atoms with Gasteiger partial charge in [0, 0.05) is 13.2 Å². The van der Waals surface area contributed by atoms with E-state index in [-0.39, 0.29) is 18.2 Å². The van der Waals surface area contributed by atoms with Gasteiger partial charge in [0.05, 0.1) is 11.4 Å².